The number of nitrogens with zero attached hydrogens (tertiary/aromatic N) is 1. The van der Waals surface area contributed by atoms with Crippen molar-refractivity contribution >= 4 is 29.4 Å². The Bertz CT molecular complexity index is 1270. The summed E-state index contributed by atoms with van der Waals surface area (Å²) in [5.74, 6) is -4.06. The minimum atomic E-state index is -3.12. The summed E-state index contributed by atoms with van der Waals surface area (Å²) < 4.78 is 49.9. The molecule has 0 radical (unpaired) electrons. The Morgan fingerprint density at radius 2 is 1.74 bits per heavy atom. The third-order valence-corrected chi connectivity index (χ3v) is 7.35. The first kappa shape index (κ1) is 33.1. The van der Waals surface area contributed by atoms with E-state index in [4.69, 9.17) is 30.5 Å². The fourth-order valence-electron chi connectivity index (χ4n) is 4.97. The maximum Gasteiger partial charge on any atom is 0.332 e. The third kappa shape index (κ3) is 7.49. The SMILES string of the molecule is CCOc1cc(C(C)N(CCOCc2ccccc2)C(=O)NC2(C(=O)OC)CC(F)(F)C2)c(Cl)c(OCC)c1C(C)=O. The number of nitrogens with one attached hydrogen (secondary N) is 1. The van der Waals surface area contributed by atoms with Crippen molar-refractivity contribution in [2.24, 2.45) is 0 Å². The van der Waals surface area contributed by atoms with Crippen molar-refractivity contribution < 1.29 is 42.1 Å². The molecule has 230 valence electrons. The first-order valence-corrected chi connectivity index (χ1v) is 14.1. The number of ketones is 1. The molecule has 0 heterocycles. The van der Waals surface area contributed by atoms with Crippen molar-refractivity contribution in [1.82, 2.24) is 10.2 Å². The van der Waals surface area contributed by atoms with E-state index in [2.05, 4.69) is 5.32 Å². The van der Waals surface area contributed by atoms with Crippen LogP contribution >= 0.6 is 11.6 Å². The summed E-state index contributed by atoms with van der Waals surface area (Å²) in [4.78, 5) is 40.1. The van der Waals surface area contributed by atoms with E-state index in [9.17, 15) is 23.2 Å². The first-order valence-electron chi connectivity index (χ1n) is 13.7. The average Bonchev–Trinajstić information content (AvgIpc) is 2.93. The molecule has 2 aromatic rings. The van der Waals surface area contributed by atoms with Gasteiger partial charge in [-0.1, -0.05) is 41.9 Å². The number of carbonyl (C=O) groups is 3. The molecule has 1 aliphatic carbocycles. The second-order valence-corrected chi connectivity index (χ2v) is 10.4. The van der Waals surface area contributed by atoms with Crippen molar-refractivity contribution in [2.75, 3.05) is 33.5 Å². The number of hydrogen-bond donors (Lipinski definition) is 1. The molecule has 0 aliphatic heterocycles. The summed E-state index contributed by atoms with van der Waals surface area (Å²) in [6.45, 7) is 7.35. The lowest BCUT2D eigenvalue weighted by Crippen LogP contribution is -2.68. The number of Topliss-reactive ketones (excluding diaryl/α,β-unsaturated/α-hetero) is 1. The van der Waals surface area contributed by atoms with Crippen LogP contribution in [0, 0.1) is 0 Å². The highest BCUT2D eigenvalue weighted by Gasteiger charge is 2.63. The molecule has 1 N–H and O–H groups in total. The molecule has 1 atom stereocenters. The van der Waals surface area contributed by atoms with Gasteiger partial charge in [0.15, 0.2) is 17.1 Å². The van der Waals surface area contributed by atoms with E-state index in [1.165, 1.54) is 11.8 Å². The van der Waals surface area contributed by atoms with Crippen LogP contribution in [0.5, 0.6) is 11.5 Å². The molecule has 0 spiro atoms. The van der Waals surface area contributed by atoms with E-state index in [0.29, 0.717) is 5.56 Å². The molecule has 0 bridgehead atoms. The lowest BCUT2D eigenvalue weighted by atomic mass is 9.73. The largest absolute Gasteiger partial charge is 0.493 e. The molecule has 3 rings (SSSR count). The van der Waals surface area contributed by atoms with Gasteiger partial charge < -0.3 is 29.2 Å². The second-order valence-electron chi connectivity index (χ2n) is 10.0. The van der Waals surface area contributed by atoms with Crippen LogP contribution < -0.4 is 14.8 Å². The zero-order chi connectivity index (χ0) is 31.1. The fraction of sp³-hybridized carbons (Fsp3) is 0.500. The molecule has 1 fully saturated rings. The maximum atomic E-state index is 13.9. The third-order valence-electron chi connectivity index (χ3n) is 6.96. The van der Waals surface area contributed by atoms with Crippen LogP contribution in [0.1, 0.15) is 68.1 Å². The molecule has 9 nitrogen and oxygen atoms in total. The molecule has 12 heteroatoms. The highest BCUT2D eigenvalue weighted by molar-refractivity contribution is 6.33. The number of carbonyl (C=O) groups excluding carboxylic acids is 3. The number of methoxy groups -OCH3 is 1. The minimum Gasteiger partial charge on any atom is -0.493 e. The van der Waals surface area contributed by atoms with Crippen LogP contribution in [-0.2, 0) is 20.9 Å². The molecule has 2 amide bonds. The zero-order valence-corrected chi connectivity index (χ0v) is 25.2. The normalized spacial score (nSPS) is 15.6. The predicted molar refractivity (Wildman–Crippen MR) is 152 cm³/mol. The van der Waals surface area contributed by atoms with Crippen molar-refractivity contribution in [2.45, 2.75) is 64.6 Å². The Balaban J connectivity index is 1.98. The highest BCUT2D eigenvalue weighted by atomic mass is 35.5. The van der Waals surface area contributed by atoms with E-state index in [0.717, 1.165) is 12.7 Å². The van der Waals surface area contributed by atoms with E-state index >= 15 is 0 Å². The van der Waals surface area contributed by atoms with Gasteiger partial charge in [-0.25, -0.2) is 18.4 Å². The van der Waals surface area contributed by atoms with Crippen molar-refractivity contribution in [3.8, 4) is 11.5 Å². The number of amides is 2. The zero-order valence-electron chi connectivity index (χ0n) is 24.4. The number of alkyl halides is 2. The second kappa shape index (κ2) is 14.2. The Kier molecular flexibility index (Phi) is 11.1. The first-order chi connectivity index (χ1) is 19.9. The molecule has 0 saturated heterocycles. The van der Waals surface area contributed by atoms with Crippen LogP contribution in [0.25, 0.3) is 0 Å². The summed E-state index contributed by atoms with van der Waals surface area (Å²) in [5, 5.41) is 2.59. The van der Waals surface area contributed by atoms with E-state index in [1.54, 1.807) is 26.8 Å². The molecule has 1 unspecified atom stereocenters. The number of ether oxygens (including phenoxy) is 4. The van der Waals surface area contributed by atoms with Crippen LogP contribution in [0.15, 0.2) is 36.4 Å². The number of benzene rings is 2. The Morgan fingerprint density at radius 3 is 2.29 bits per heavy atom. The van der Waals surface area contributed by atoms with Gasteiger partial charge in [-0.3, -0.25) is 4.79 Å². The Morgan fingerprint density at radius 1 is 1.10 bits per heavy atom. The summed E-state index contributed by atoms with van der Waals surface area (Å²) in [5.41, 5.74) is -0.400. The number of hydrogen-bond acceptors (Lipinski definition) is 7. The number of esters is 1. The van der Waals surface area contributed by atoms with Gasteiger partial charge in [0.2, 0.25) is 0 Å². The highest BCUT2D eigenvalue weighted by Crippen LogP contribution is 2.47. The molecular weight excluding hydrogens is 574 g/mol. The van der Waals surface area contributed by atoms with E-state index < -0.39 is 42.3 Å². The van der Waals surface area contributed by atoms with Crippen molar-refractivity contribution in [3.05, 3.63) is 58.1 Å². The van der Waals surface area contributed by atoms with Gasteiger partial charge in [0, 0.05) is 24.9 Å². The average molecular weight is 611 g/mol. The maximum absolute atomic E-state index is 13.9. The van der Waals surface area contributed by atoms with Gasteiger partial charge in [-0.15, -0.1) is 0 Å². The molecule has 0 aromatic heterocycles. The van der Waals surface area contributed by atoms with Gasteiger partial charge in [-0.2, -0.15) is 0 Å². The quantitative estimate of drug-likeness (QED) is 0.160. The lowest BCUT2D eigenvalue weighted by Gasteiger charge is -2.46. The number of urea groups is 1. The number of halogens is 3. The topological polar surface area (TPSA) is 103 Å². The summed E-state index contributed by atoms with van der Waals surface area (Å²) in [6, 6.07) is 9.39. The van der Waals surface area contributed by atoms with Gasteiger partial charge in [0.05, 0.1) is 44.6 Å². The van der Waals surface area contributed by atoms with Gasteiger partial charge >= 0.3 is 12.0 Å². The van der Waals surface area contributed by atoms with Crippen LogP contribution in [-0.4, -0.2) is 67.6 Å². The molecule has 1 saturated carbocycles. The predicted octanol–water partition coefficient (Wildman–Crippen LogP) is 5.97. The van der Waals surface area contributed by atoms with Gasteiger partial charge in [0.1, 0.15) is 11.3 Å². The lowest BCUT2D eigenvalue weighted by molar-refractivity contribution is -0.178. The van der Waals surface area contributed by atoms with Gasteiger partial charge in [0.25, 0.3) is 5.92 Å². The standard InChI is InChI=1S/C30H37ClF2N2O7/c1-6-41-23-15-22(25(31)26(42-7-2)24(23)20(4)36)19(3)35(13-14-40-16-21-11-9-8-10-12-21)28(38)34-29(27(37)39-5)17-30(32,33)18-29/h8-12,15,19H,6-7,13-14,16-18H2,1-5H3,(H,34,38). The summed E-state index contributed by atoms with van der Waals surface area (Å²) >= 11 is 6.78. The smallest absolute Gasteiger partial charge is 0.332 e. The molecular formula is C30H37ClF2N2O7. The van der Waals surface area contributed by atoms with Crippen LogP contribution in [0.2, 0.25) is 5.02 Å². The van der Waals surface area contributed by atoms with Crippen LogP contribution in [0.4, 0.5) is 13.6 Å². The van der Waals surface area contributed by atoms with Crippen molar-refractivity contribution in [1.29, 1.82) is 0 Å². The van der Waals surface area contributed by atoms with E-state index in [-0.39, 0.29) is 60.8 Å². The van der Waals surface area contributed by atoms with E-state index in [1.807, 2.05) is 30.3 Å². The fourth-order valence-corrected chi connectivity index (χ4v) is 5.33. The Hall–Kier alpha value is -3.44. The molecule has 1 aliphatic rings. The number of rotatable bonds is 14. The van der Waals surface area contributed by atoms with Crippen LogP contribution in [0.3, 0.4) is 0 Å². The van der Waals surface area contributed by atoms with Crippen molar-refractivity contribution in [3.63, 3.8) is 0 Å². The summed E-state index contributed by atoms with van der Waals surface area (Å²) in [6.07, 6.45) is -1.77. The molecule has 42 heavy (non-hydrogen) atoms. The Labute approximate surface area is 249 Å². The summed E-state index contributed by atoms with van der Waals surface area (Å²) in [7, 11) is 1.07. The molecule has 2 aromatic carbocycles. The minimum absolute atomic E-state index is 0.00615. The van der Waals surface area contributed by atoms with Gasteiger partial charge in [-0.05, 0) is 39.3 Å². The monoisotopic (exact) mass is 610 g/mol.